The average molecular weight is 371 g/mol. The van der Waals surface area contributed by atoms with Crippen molar-refractivity contribution in [2.24, 2.45) is 0 Å². The van der Waals surface area contributed by atoms with Gasteiger partial charge in [-0.1, -0.05) is 41.9 Å². The number of benzene rings is 2. The van der Waals surface area contributed by atoms with Gasteiger partial charge in [0.1, 0.15) is 0 Å². The molecule has 26 heavy (non-hydrogen) atoms. The maximum Gasteiger partial charge on any atom is 0.254 e. The van der Waals surface area contributed by atoms with E-state index in [0.29, 0.717) is 42.6 Å². The molecular formula is C20H19ClN2O3. The molecule has 0 saturated carbocycles. The van der Waals surface area contributed by atoms with Crippen LogP contribution in [0.2, 0.25) is 5.02 Å². The van der Waals surface area contributed by atoms with Crippen molar-refractivity contribution in [3.8, 4) is 0 Å². The Balaban J connectivity index is 1.70. The zero-order chi connectivity index (χ0) is 18.4. The molecule has 1 aliphatic heterocycles. The van der Waals surface area contributed by atoms with Crippen molar-refractivity contribution in [2.75, 3.05) is 31.6 Å². The van der Waals surface area contributed by atoms with E-state index >= 15 is 0 Å². The van der Waals surface area contributed by atoms with Crippen LogP contribution in [0.3, 0.4) is 0 Å². The molecule has 0 aromatic heterocycles. The van der Waals surface area contributed by atoms with Crippen LogP contribution in [0.15, 0.2) is 54.6 Å². The molecule has 0 bridgehead atoms. The van der Waals surface area contributed by atoms with Gasteiger partial charge >= 0.3 is 0 Å². The van der Waals surface area contributed by atoms with Crippen molar-refractivity contribution in [1.29, 1.82) is 0 Å². The molecule has 134 valence electrons. The lowest BCUT2D eigenvalue weighted by molar-refractivity contribution is -0.111. The third kappa shape index (κ3) is 4.71. The summed E-state index contributed by atoms with van der Waals surface area (Å²) < 4.78 is 5.26. The lowest BCUT2D eigenvalue weighted by Crippen LogP contribution is -2.40. The predicted molar refractivity (Wildman–Crippen MR) is 102 cm³/mol. The number of morpholine rings is 1. The highest BCUT2D eigenvalue weighted by Crippen LogP contribution is 2.24. The number of hydrogen-bond acceptors (Lipinski definition) is 3. The SMILES string of the molecule is O=C(/C=C/c1ccccc1)Nc1cc(C(=O)N2CCOCC2)ccc1Cl. The lowest BCUT2D eigenvalue weighted by atomic mass is 10.1. The largest absolute Gasteiger partial charge is 0.378 e. The van der Waals surface area contributed by atoms with Gasteiger partial charge in [-0.05, 0) is 29.8 Å². The highest BCUT2D eigenvalue weighted by atomic mass is 35.5. The van der Waals surface area contributed by atoms with Gasteiger partial charge < -0.3 is 15.0 Å². The van der Waals surface area contributed by atoms with Gasteiger partial charge in [0.25, 0.3) is 5.91 Å². The lowest BCUT2D eigenvalue weighted by Gasteiger charge is -2.27. The number of carbonyl (C=O) groups is 2. The number of hydrogen-bond donors (Lipinski definition) is 1. The summed E-state index contributed by atoms with van der Waals surface area (Å²) in [7, 11) is 0. The van der Waals surface area contributed by atoms with Crippen molar-refractivity contribution in [1.82, 2.24) is 4.90 Å². The number of halogens is 1. The van der Waals surface area contributed by atoms with E-state index < -0.39 is 0 Å². The van der Waals surface area contributed by atoms with Gasteiger partial charge in [-0.15, -0.1) is 0 Å². The van der Waals surface area contributed by atoms with Crippen LogP contribution in [0.1, 0.15) is 15.9 Å². The van der Waals surface area contributed by atoms with Crippen LogP contribution in [0.4, 0.5) is 5.69 Å². The van der Waals surface area contributed by atoms with Crippen LogP contribution in [-0.4, -0.2) is 43.0 Å². The maximum absolute atomic E-state index is 12.6. The number of anilines is 1. The summed E-state index contributed by atoms with van der Waals surface area (Å²) >= 11 is 6.16. The summed E-state index contributed by atoms with van der Waals surface area (Å²) in [6, 6.07) is 14.4. The minimum absolute atomic E-state index is 0.0970. The minimum atomic E-state index is -0.313. The molecule has 3 rings (SSSR count). The molecule has 1 aliphatic rings. The van der Waals surface area contributed by atoms with Gasteiger partial charge in [-0.2, -0.15) is 0 Å². The summed E-state index contributed by atoms with van der Waals surface area (Å²) in [5, 5.41) is 3.11. The molecule has 0 aliphatic carbocycles. The predicted octanol–water partition coefficient (Wildman–Crippen LogP) is 3.46. The number of nitrogens with zero attached hydrogens (tertiary/aromatic N) is 1. The maximum atomic E-state index is 12.6. The zero-order valence-corrected chi connectivity index (χ0v) is 14.9. The molecule has 1 fully saturated rings. The first kappa shape index (κ1) is 18.2. The van der Waals surface area contributed by atoms with Crippen LogP contribution in [0.5, 0.6) is 0 Å². The van der Waals surface area contributed by atoms with Crippen LogP contribution in [-0.2, 0) is 9.53 Å². The van der Waals surface area contributed by atoms with Crippen LogP contribution < -0.4 is 5.32 Å². The standard InChI is InChI=1S/C20H19ClN2O3/c21-17-8-7-16(20(25)23-10-12-26-13-11-23)14-18(17)22-19(24)9-6-15-4-2-1-3-5-15/h1-9,14H,10-13H2,(H,22,24)/b9-6+. The molecule has 1 N–H and O–H groups in total. The van der Waals surface area contributed by atoms with Crippen molar-refractivity contribution in [2.45, 2.75) is 0 Å². The summed E-state index contributed by atoms with van der Waals surface area (Å²) in [5.74, 6) is -0.410. The second-order valence-corrected chi connectivity index (χ2v) is 6.24. The Labute approximate surface area is 157 Å². The summed E-state index contributed by atoms with van der Waals surface area (Å²) in [6.45, 7) is 2.19. The fraction of sp³-hybridized carbons (Fsp3) is 0.200. The van der Waals surface area contributed by atoms with Crippen molar-refractivity contribution in [3.05, 3.63) is 70.8 Å². The molecule has 1 heterocycles. The van der Waals surface area contributed by atoms with E-state index in [-0.39, 0.29) is 11.8 Å². The van der Waals surface area contributed by atoms with Crippen LogP contribution in [0.25, 0.3) is 6.08 Å². The first-order chi connectivity index (χ1) is 12.6. The van der Waals surface area contributed by atoms with Gasteiger partial charge in [-0.3, -0.25) is 9.59 Å². The van der Waals surface area contributed by atoms with Gasteiger partial charge in [0.2, 0.25) is 5.91 Å². The molecule has 2 aromatic rings. The van der Waals surface area contributed by atoms with Crippen LogP contribution >= 0.6 is 11.6 Å². The highest BCUT2D eigenvalue weighted by molar-refractivity contribution is 6.34. The molecule has 0 spiro atoms. The number of nitrogens with one attached hydrogen (secondary N) is 1. The Morgan fingerprint density at radius 2 is 1.81 bits per heavy atom. The van der Waals surface area contributed by atoms with Crippen LogP contribution in [0, 0.1) is 0 Å². The molecule has 2 aromatic carbocycles. The molecule has 6 heteroatoms. The molecule has 2 amide bonds. The Hall–Kier alpha value is -2.63. The van der Waals surface area contributed by atoms with Crippen molar-refractivity contribution in [3.63, 3.8) is 0 Å². The highest BCUT2D eigenvalue weighted by Gasteiger charge is 2.19. The monoisotopic (exact) mass is 370 g/mol. The zero-order valence-electron chi connectivity index (χ0n) is 14.2. The second kappa shape index (κ2) is 8.65. The Morgan fingerprint density at radius 1 is 1.08 bits per heavy atom. The van der Waals surface area contributed by atoms with Gasteiger partial charge in [0.05, 0.1) is 23.9 Å². The normalized spacial score (nSPS) is 14.4. The number of ether oxygens (including phenoxy) is 1. The molecule has 0 radical (unpaired) electrons. The molecule has 0 atom stereocenters. The quantitative estimate of drug-likeness (QED) is 0.838. The Kier molecular flexibility index (Phi) is 6.04. The third-order valence-electron chi connectivity index (χ3n) is 4.00. The van der Waals surface area contributed by atoms with E-state index in [4.69, 9.17) is 16.3 Å². The van der Waals surface area contributed by atoms with E-state index in [9.17, 15) is 9.59 Å². The van der Waals surface area contributed by atoms with E-state index in [1.54, 1.807) is 29.2 Å². The second-order valence-electron chi connectivity index (χ2n) is 5.83. The van der Waals surface area contributed by atoms with E-state index in [0.717, 1.165) is 5.56 Å². The minimum Gasteiger partial charge on any atom is -0.378 e. The summed E-state index contributed by atoms with van der Waals surface area (Å²) in [6.07, 6.45) is 3.15. The van der Waals surface area contributed by atoms with E-state index in [1.807, 2.05) is 30.3 Å². The Morgan fingerprint density at radius 3 is 2.54 bits per heavy atom. The molecule has 5 nitrogen and oxygen atoms in total. The molecular weight excluding hydrogens is 352 g/mol. The van der Waals surface area contributed by atoms with Gasteiger partial charge in [-0.25, -0.2) is 0 Å². The first-order valence-corrected chi connectivity index (χ1v) is 8.72. The van der Waals surface area contributed by atoms with Crippen molar-refractivity contribution >= 4 is 35.2 Å². The van der Waals surface area contributed by atoms with Gasteiger partial charge in [0, 0.05) is 24.7 Å². The average Bonchev–Trinajstić information content (AvgIpc) is 2.69. The fourth-order valence-electron chi connectivity index (χ4n) is 2.61. The smallest absolute Gasteiger partial charge is 0.254 e. The Bertz CT molecular complexity index is 815. The molecule has 0 unspecified atom stereocenters. The summed E-state index contributed by atoms with van der Waals surface area (Å²) in [5.41, 5.74) is 1.82. The first-order valence-electron chi connectivity index (χ1n) is 8.34. The van der Waals surface area contributed by atoms with E-state index in [2.05, 4.69) is 5.32 Å². The molecule has 1 saturated heterocycles. The number of rotatable bonds is 4. The number of carbonyl (C=O) groups excluding carboxylic acids is 2. The van der Waals surface area contributed by atoms with E-state index in [1.165, 1.54) is 6.08 Å². The third-order valence-corrected chi connectivity index (χ3v) is 4.33. The summed E-state index contributed by atoms with van der Waals surface area (Å²) in [4.78, 5) is 26.4. The van der Waals surface area contributed by atoms with Crippen molar-refractivity contribution < 1.29 is 14.3 Å². The fourth-order valence-corrected chi connectivity index (χ4v) is 2.78. The number of amides is 2. The van der Waals surface area contributed by atoms with Gasteiger partial charge in [0.15, 0.2) is 0 Å². The topological polar surface area (TPSA) is 58.6 Å².